The van der Waals surface area contributed by atoms with E-state index in [1.54, 1.807) is 28.2 Å². The van der Waals surface area contributed by atoms with Crippen molar-refractivity contribution in [3.8, 4) is 10.6 Å². The van der Waals surface area contributed by atoms with Crippen molar-refractivity contribution in [1.29, 1.82) is 0 Å². The van der Waals surface area contributed by atoms with E-state index in [0.29, 0.717) is 18.9 Å². The molecule has 2 fully saturated rings. The SMILES string of the molecule is O=C(CC1CCCC1)N1CCC[C@H](n2nc(-c3cccs3)ccc2=O)C1. The van der Waals surface area contributed by atoms with Crippen LogP contribution in [0.1, 0.15) is 51.0 Å². The molecule has 0 unspecified atom stereocenters. The summed E-state index contributed by atoms with van der Waals surface area (Å²) in [4.78, 5) is 28.1. The number of hydrogen-bond acceptors (Lipinski definition) is 4. The van der Waals surface area contributed by atoms with Gasteiger partial charge in [-0.15, -0.1) is 11.3 Å². The minimum absolute atomic E-state index is 0.0244. The van der Waals surface area contributed by atoms with E-state index in [1.807, 2.05) is 22.4 Å². The molecule has 1 aliphatic heterocycles. The fraction of sp³-hybridized carbons (Fsp3) is 0.550. The number of piperidine rings is 1. The molecule has 0 bridgehead atoms. The second-order valence-electron chi connectivity index (χ2n) is 7.47. The molecule has 4 rings (SSSR count). The summed E-state index contributed by atoms with van der Waals surface area (Å²) in [6.45, 7) is 1.41. The van der Waals surface area contributed by atoms with E-state index in [2.05, 4.69) is 5.10 Å². The molecule has 1 atom stereocenters. The fourth-order valence-electron chi connectivity index (χ4n) is 4.21. The number of nitrogens with zero attached hydrogens (tertiary/aromatic N) is 3. The highest BCUT2D eigenvalue weighted by Crippen LogP contribution is 2.29. The van der Waals surface area contributed by atoms with Crippen LogP contribution in [0.2, 0.25) is 0 Å². The van der Waals surface area contributed by atoms with E-state index >= 15 is 0 Å². The molecule has 0 aromatic carbocycles. The predicted molar refractivity (Wildman–Crippen MR) is 103 cm³/mol. The van der Waals surface area contributed by atoms with Crippen molar-refractivity contribution in [3.05, 3.63) is 40.0 Å². The summed E-state index contributed by atoms with van der Waals surface area (Å²) >= 11 is 1.62. The fourth-order valence-corrected chi connectivity index (χ4v) is 4.90. The summed E-state index contributed by atoms with van der Waals surface area (Å²) in [7, 11) is 0. The quantitative estimate of drug-likeness (QED) is 0.823. The molecule has 1 aliphatic carbocycles. The third-order valence-corrected chi connectivity index (χ3v) is 6.52. The molecular weight excluding hydrogens is 346 g/mol. The molecule has 26 heavy (non-hydrogen) atoms. The van der Waals surface area contributed by atoms with E-state index < -0.39 is 0 Å². The maximum Gasteiger partial charge on any atom is 0.267 e. The van der Waals surface area contributed by atoms with Crippen molar-refractivity contribution in [1.82, 2.24) is 14.7 Å². The Kier molecular flexibility index (Phi) is 5.20. The number of carbonyl (C=O) groups excluding carboxylic acids is 1. The number of aromatic nitrogens is 2. The number of rotatable bonds is 4. The van der Waals surface area contributed by atoms with Gasteiger partial charge in [-0.2, -0.15) is 5.10 Å². The molecule has 5 nitrogen and oxygen atoms in total. The van der Waals surface area contributed by atoms with Crippen LogP contribution in [0, 0.1) is 5.92 Å². The molecule has 0 N–H and O–H groups in total. The Balaban J connectivity index is 1.49. The average molecular weight is 372 g/mol. The second-order valence-corrected chi connectivity index (χ2v) is 8.42. The van der Waals surface area contributed by atoms with E-state index in [-0.39, 0.29) is 17.5 Å². The highest BCUT2D eigenvalue weighted by molar-refractivity contribution is 7.13. The lowest BCUT2D eigenvalue weighted by atomic mass is 10.0. The highest BCUT2D eigenvalue weighted by atomic mass is 32.1. The van der Waals surface area contributed by atoms with Crippen LogP contribution < -0.4 is 5.56 Å². The molecular formula is C20H25N3O2S. The smallest absolute Gasteiger partial charge is 0.267 e. The minimum Gasteiger partial charge on any atom is -0.341 e. The van der Waals surface area contributed by atoms with Crippen LogP contribution >= 0.6 is 11.3 Å². The monoisotopic (exact) mass is 371 g/mol. The first kappa shape index (κ1) is 17.5. The lowest BCUT2D eigenvalue weighted by molar-refractivity contribution is -0.133. The van der Waals surface area contributed by atoms with E-state index in [0.717, 1.165) is 30.0 Å². The molecule has 0 radical (unpaired) electrons. The first-order valence-electron chi connectivity index (χ1n) is 9.62. The molecule has 1 amide bonds. The van der Waals surface area contributed by atoms with Crippen molar-refractivity contribution in [3.63, 3.8) is 0 Å². The zero-order valence-corrected chi connectivity index (χ0v) is 15.8. The Labute approximate surface area is 157 Å². The molecule has 2 aromatic rings. The van der Waals surface area contributed by atoms with Crippen LogP contribution in [0.15, 0.2) is 34.4 Å². The maximum atomic E-state index is 12.7. The number of carbonyl (C=O) groups is 1. The van der Waals surface area contributed by atoms with Gasteiger partial charge >= 0.3 is 0 Å². The first-order valence-corrected chi connectivity index (χ1v) is 10.5. The van der Waals surface area contributed by atoms with Gasteiger partial charge in [-0.05, 0) is 49.1 Å². The molecule has 2 aromatic heterocycles. The van der Waals surface area contributed by atoms with Gasteiger partial charge in [0.15, 0.2) is 0 Å². The molecule has 3 heterocycles. The lowest BCUT2D eigenvalue weighted by Gasteiger charge is -2.33. The van der Waals surface area contributed by atoms with Crippen molar-refractivity contribution < 1.29 is 4.79 Å². The highest BCUT2D eigenvalue weighted by Gasteiger charge is 2.28. The Morgan fingerprint density at radius 3 is 2.77 bits per heavy atom. The summed E-state index contributed by atoms with van der Waals surface area (Å²) in [5, 5.41) is 6.62. The normalized spacial score (nSPS) is 21.2. The number of hydrogen-bond donors (Lipinski definition) is 0. The number of thiophene rings is 1. The van der Waals surface area contributed by atoms with Crippen LogP contribution in [0.25, 0.3) is 10.6 Å². The topological polar surface area (TPSA) is 55.2 Å². The van der Waals surface area contributed by atoms with Gasteiger partial charge in [-0.3, -0.25) is 9.59 Å². The standard InChI is InChI=1S/C20H25N3O2S/c24-19-10-9-17(18-8-4-12-26-18)21-23(19)16-7-3-11-22(14-16)20(25)13-15-5-1-2-6-15/h4,8-10,12,15-16H,1-3,5-7,11,13-14H2/t16-/m0/s1. The summed E-state index contributed by atoms with van der Waals surface area (Å²) in [6.07, 6.45) is 7.39. The third-order valence-electron chi connectivity index (χ3n) is 5.63. The van der Waals surface area contributed by atoms with Gasteiger partial charge in [0.1, 0.15) is 5.69 Å². The van der Waals surface area contributed by atoms with Crippen LogP contribution in [-0.2, 0) is 4.79 Å². The average Bonchev–Trinajstić information content (AvgIpc) is 3.36. The van der Waals surface area contributed by atoms with Crippen LogP contribution in [0.3, 0.4) is 0 Å². The lowest BCUT2D eigenvalue weighted by Crippen LogP contribution is -2.43. The predicted octanol–water partition coefficient (Wildman–Crippen LogP) is 3.72. The number of likely N-dealkylation sites (tertiary alicyclic amines) is 1. The van der Waals surface area contributed by atoms with Gasteiger partial charge in [0.05, 0.1) is 10.9 Å². The molecule has 0 spiro atoms. The number of amides is 1. The van der Waals surface area contributed by atoms with Gasteiger partial charge in [-0.1, -0.05) is 18.9 Å². The zero-order valence-electron chi connectivity index (χ0n) is 15.0. The van der Waals surface area contributed by atoms with Gasteiger partial charge < -0.3 is 4.90 Å². The van der Waals surface area contributed by atoms with Gasteiger partial charge in [0, 0.05) is 25.6 Å². The van der Waals surface area contributed by atoms with Crippen LogP contribution in [-0.4, -0.2) is 33.7 Å². The Morgan fingerprint density at radius 1 is 1.15 bits per heavy atom. The third kappa shape index (κ3) is 3.75. The van der Waals surface area contributed by atoms with Crippen molar-refractivity contribution >= 4 is 17.2 Å². The molecule has 1 saturated carbocycles. The first-order chi connectivity index (χ1) is 12.7. The minimum atomic E-state index is -0.0830. The van der Waals surface area contributed by atoms with Crippen LogP contribution in [0.4, 0.5) is 0 Å². The molecule has 138 valence electrons. The maximum absolute atomic E-state index is 12.7. The van der Waals surface area contributed by atoms with Crippen LogP contribution in [0.5, 0.6) is 0 Å². The van der Waals surface area contributed by atoms with E-state index in [4.69, 9.17) is 0 Å². The van der Waals surface area contributed by atoms with Gasteiger partial charge in [0.2, 0.25) is 5.91 Å². The molecule has 2 aliphatic rings. The Morgan fingerprint density at radius 2 is 2.00 bits per heavy atom. The Hall–Kier alpha value is -1.95. The zero-order chi connectivity index (χ0) is 17.9. The van der Waals surface area contributed by atoms with Crippen molar-refractivity contribution in [2.45, 2.75) is 51.0 Å². The van der Waals surface area contributed by atoms with Crippen molar-refractivity contribution in [2.75, 3.05) is 13.1 Å². The van der Waals surface area contributed by atoms with Gasteiger partial charge in [-0.25, -0.2) is 4.68 Å². The van der Waals surface area contributed by atoms with Crippen molar-refractivity contribution in [2.24, 2.45) is 5.92 Å². The summed E-state index contributed by atoms with van der Waals surface area (Å²) in [5.74, 6) is 0.815. The van der Waals surface area contributed by atoms with Gasteiger partial charge in [0.25, 0.3) is 5.56 Å². The molecule has 1 saturated heterocycles. The summed E-state index contributed by atoms with van der Waals surface area (Å²) in [6, 6.07) is 7.36. The molecule has 6 heteroatoms. The Bertz CT molecular complexity index is 809. The largest absolute Gasteiger partial charge is 0.341 e. The van der Waals surface area contributed by atoms with E-state index in [9.17, 15) is 9.59 Å². The summed E-state index contributed by atoms with van der Waals surface area (Å²) in [5.41, 5.74) is 0.745. The van der Waals surface area contributed by atoms with E-state index in [1.165, 1.54) is 25.7 Å². The summed E-state index contributed by atoms with van der Waals surface area (Å²) < 4.78 is 1.60. The second kappa shape index (κ2) is 7.74.